The van der Waals surface area contributed by atoms with Crippen LogP contribution in [0.3, 0.4) is 0 Å². The van der Waals surface area contributed by atoms with Gasteiger partial charge in [0, 0.05) is 27.9 Å². The van der Waals surface area contributed by atoms with Crippen molar-refractivity contribution in [2.75, 3.05) is 5.32 Å². The predicted octanol–water partition coefficient (Wildman–Crippen LogP) is 8.61. The molecule has 1 aliphatic heterocycles. The number of hydrogen-bond acceptors (Lipinski definition) is 3. The summed E-state index contributed by atoms with van der Waals surface area (Å²) < 4.78 is 7.10. The van der Waals surface area contributed by atoms with E-state index in [2.05, 4.69) is 94.1 Å². The van der Waals surface area contributed by atoms with Crippen LogP contribution >= 0.6 is 15.9 Å². The first-order valence-electron chi connectivity index (χ1n) is 12.4. The van der Waals surface area contributed by atoms with Gasteiger partial charge in [-0.1, -0.05) is 88.7 Å². The smallest absolute Gasteiger partial charge is 0.128 e. The Labute approximate surface area is 220 Å². The zero-order chi connectivity index (χ0) is 24.3. The molecule has 0 unspecified atom stereocenters. The molecule has 0 amide bonds. The summed E-state index contributed by atoms with van der Waals surface area (Å²) >= 11 is 3.58. The molecule has 0 fully saturated rings. The zero-order valence-corrected chi connectivity index (χ0v) is 21.4. The lowest BCUT2D eigenvalue weighted by molar-refractivity contribution is 0.306. The minimum atomic E-state index is 0.293. The monoisotopic (exact) mass is 534 g/mol. The number of nitrogens with one attached hydrogen (secondary N) is 1. The summed E-state index contributed by atoms with van der Waals surface area (Å²) in [5, 5.41) is 3.80. The van der Waals surface area contributed by atoms with Gasteiger partial charge in [-0.15, -0.1) is 0 Å². The van der Waals surface area contributed by atoms with E-state index in [1.165, 1.54) is 16.8 Å². The molecule has 0 spiro atoms. The highest BCUT2D eigenvalue weighted by molar-refractivity contribution is 9.10. The number of halogens is 1. The predicted molar refractivity (Wildman–Crippen MR) is 151 cm³/mol. The van der Waals surface area contributed by atoms with Crippen molar-refractivity contribution in [2.24, 2.45) is 10.9 Å². The Bertz CT molecular complexity index is 1410. The molecule has 3 nitrogen and oxygen atoms in total. The fourth-order valence-electron chi connectivity index (χ4n) is 5.27. The summed E-state index contributed by atoms with van der Waals surface area (Å²) in [4.78, 5) is 4.76. The van der Waals surface area contributed by atoms with Crippen LogP contribution in [-0.4, -0.2) is 6.21 Å². The van der Waals surface area contributed by atoms with Gasteiger partial charge in [0.2, 0.25) is 0 Å². The van der Waals surface area contributed by atoms with E-state index in [9.17, 15) is 0 Å². The minimum Gasteiger partial charge on any atom is -0.488 e. The molecule has 6 rings (SSSR count). The van der Waals surface area contributed by atoms with Gasteiger partial charge in [0.15, 0.2) is 0 Å². The van der Waals surface area contributed by atoms with E-state index in [-0.39, 0.29) is 0 Å². The van der Waals surface area contributed by atoms with Crippen molar-refractivity contribution in [1.29, 1.82) is 0 Å². The Morgan fingerprint density at radius 1 is 0.917 bits per heavy atom. The average Bonchev–Trinajstić information content (AvgIpc) is 3.42. The van der Waals surface area contributed by atoms with Crippen LogP contribution in [0.2, 0.25) is 0 Å². The lowest BCUT2D eigenvalue weighted by atomic mass is 9.77. The number of rotatable bonds is 6. The number of allylic oxidation sites excluding steroid dienone is 2. The van der Waals surface area contributed by atoms with Crippen molar-refractivity contribution >= 4 is 33.5 Å². The molecule has 4 aromatic rings. The maximum Gasteiger partial charge on any atom is 0.128 e. The summed E-state index contributed by atoms with van der Waals surface area (Å²) in [5.74, 6) is 1.84. The number of aliphatic imine (C=N–C) groups is 1. The van der Waals surface area contributed by atoms with E-state index in [1.54, 1.807) is 0 Å². The van der Waals surface area contributed by atoms with E-state index >= 15 is 0 Å². The number of nitrogens with zero attached hydrogens (tertiary/aromatic N) is 1. The Balaban J connectivity index is 1.19. The van der Waals surface area contributed by atoms with Gasteiger partial charge < -0.3 is 10.1 Å². The molecule has 1 aliphatic carbocycles. The SMILES string of the molecule is Brc1ccc(OCc2ccccc2)c(C=Nc2ccc([C@@H]3Nc4ccccc4[C@@H]4C=CC[C@H]43)cc2)c1. The van der Waals surface area contributed by atoms with E-state index in [0.29, 0.717) is 24.5 Å². The number of fused-ring (bicyclic) bond motifs is 3. The first-order valence-corrected chi connectivity index (χ1v) is 13.2. The standard InChI is InChI=1S/C32H27BrN2O/c33-25-15-18-31(36-21-22-7-2-1-3-8-22)24(19-25)20-34-26-16-13-23(14-17-26)32-29-11-6-10-27(29)28-9-4-5-12-30(28)35-32/h1-10,12-20,27,29,32,35H,11,21H2/t27-,29+,32-/m0/s1. The van der Waals surface area contributed by atoms with Gasteiger partial charge in [-0.2, -0.15) is 0 Å². The third-order valence-corrected chi connectivity index (χ3v) is 7.58. The van der Waals surface area contributed by atoms with Crippen LogP contribution in [-0.2, 0) is 6.61 Å². The molecular formula is C32H27BrN2O. The molecule has 2 aliphatic rings. The summed E-state index contributed by atoms with van der Waals surface area (Å²) in [7, 11) is 0. The summed E-state index contributed by atoms with van der Waals surface area (Å²) in [5.41, 5.74) is 6.96. The molecule has 4 aromatic carbocycles. The van der Waals surface area contributed by atoms with Gasteiger partial charge in [0.1, 0.15) is 12.4 Å². The van der Waals surface area contributed by atoms with Crippen molar-refractivity contribution < 1.29 is 4.74 Å². The van der Waals surface area contributed by atoms with Crippen LogP contribution in [0.15, 0.2) is 119 Å². The highest BCUT2D eigenvalue weighted by Gasteiger charge is 2.37. The lowest BCUT2D eigenvalue weighted by Crippen LogP contribution is -2.28. The molecule has 1 heterocycles. The van der Waals surface area contributed by atoms with E-state index in [0.717, 1.165) is 33.5 Å². The molecule has 0 radical (unpaired) electrons. The van der Waals surface area contributed by atoms with Crippen LogP contribution < -0.4 is 10.1 Å². The summed E-state index contributed by atoms with van der Waals surface area (Å²) in [6, 6.07) is 33.8. The number of anilines is 1. The van der Waals surface area contributed by atoms with Crippen molar-refractivity contribution in [3.63, 3.8) is 0 Å². The van der Waals surface area contributed by atoms with Crippen molar-refractivity contribution in [3.05, 3.63) is 136 Å². The normalized spacial score (nSPS) is 20.1. The Morgan fingerprint density at radius 2 is 1.72 bits per heavy atom. The molecule has 4 heteroatoms. The van der Waals surface area contributed by atoms with Gasteiger partial charge in [0.05, 0.1) is 11.7 Å². The highest BCUT2D eigenvalue weighted by Crippen LogP contribution is 2.49. The number of benzene rings is 4. The Morgan fingerprint density at radius 3 is 2.58 bits per heavy atom. The molecule has 178 valence electrons. The topological polar surface area (TPSA) is 33.6 Å². The number of ether oxygens (including phenoxy) is 1. The molecule has 36 heavy (non-hydrogen) atoms. The molecule has 3 atom stereocenters. The van der Waals surface area contributed by atoms with Crippen molar-refractivity contribution in [1.82, 2.24) is 0 Å². The largest absolute Gasteiger partial charge is 0.488 e. The molecule has 1 N–H and O–H groups in total. The van der Waals surface area contributed by atoms with Crippen LogP contribution in [0.5, 0.6) is 5.75 Å². The number of hydrogen-bond donors (Lipinski definition) is 1. The second-order valence-electron chi connectivity index (χ2n) is 9.37. The van der Waals surface area contributed by atoms with Crippen molar-refractivity contribution in [2.45, 2.75) is 25.0 Å². The first-order chi connectivity index (χ1) is 17.7. The first kappa shape index (κ1) is 22.8. The second-order valence-corrected chi connectivity index (χ2v) is 10.3. The molecular weight excluding hydrogens is 508 g/mol. The maximum atomic E-state index is 6.11. The molecule has 0 aromatic heterocycles. The molecule has 0 saturated carbocycles. The quantitative estimate of drug-likeness (QED) is 0.198. The van der Waals surface area contributed by atoms with E-state index < -0.39 is 0 Å². The lowest BCUT2D eigenvalue weighted by Gasteiger charge is -2.37. The Kier molecular flexibility index (Phi) is 6.44. The van der Waals surface area contributed by atoms with E-state index in [4.69, 9.17) is 9.73 Å². The minimum absolute atomic E-state index is 0.293. The fourth-order valence-corrected chi connectivity index (χ4v) is 5.65. The average molecular weight is 535 g/mol. The summed E-state index contributed by atoms with van der Waals surface area (Å²) in [6.07, 6.45) is 7.70. The van der Waals surface area contributed by atoms with Gasteiger partial charge in [-0.3, -0.25) is 4.99 Å². The zero-order valence-electron chi connectivity index (χ0n) is 19.8. The van der Waals surface area contributed by atoms with Crippen LogP contribution in [0.1, 0.15) is 40.6 Å². The van der Waals surface area contributed by atoms with E-state index in [1.807, 2.05) is 42.6 Å². The van der Waals surface area contributed by atoms with Crippen LogP contribution in [0.4, 0.5) is 11.4 Å². The van der Waals surface area contributed by atoms with Gasteiger partial charge in [0.25, 0.3) is 0 Å². The number of para-hydroxylation sites is 1. The summed E-state index contributed by atoms with van der Waals surface area (Å²) in [6.45, 7) is 0.520. The van der Waals surface area contributed by atoms with Gasteiger partial charge in [-0.05, 0) is 65.4 Å². The highest BCUT2D eigenvalue weighted by atomic mass is 79.9. The fraction of sp³-hybridized carbons (Fsp3) is 0.156. The van der Waals surface area contributed by atoms with Gasteiger partial charge >= 0.3 is 0 Å². The van der Waals surface area contributed by atoms with Gasteiger partial charge in [-0.25, -0.2) is 0 Å². The Hall–Kier alpha value is -3.63. The van der Waals surface area contributed by atoms with Crippen molar-refractivity contribution in [3.8, 4) is 5.75 Å². The maximum absolute atomic E-state index is 6.11. The third kappa shape index (κ3) is 4.74. The molecule has 0 saturated heterocycles. The second kappa shape index (κ2) is 10.2. The van der Waals surface area contributed by atoms with Crippen LogP contribution in [0.25, 0.3) is 0 Å². The molecule has 0 bridgehead atoms. The third-order valence-electron chi connectivity index (χ3n) is 7.09. The van der Waals surface area contributed by atoms with Crippen LogP contribution in [0, 0.1) is 5.92 Å².